The van der Waals surface area contributed by atoms with Crippen molar-refractivity contribution in [3.8, 4) is 0 Å². The highest BCUT2D eigenvalue weighted by molar-refractivity contribution is 5.70. The first-order valence-electron chi connectivity index (χ1n) is 7.67. The fraction of sp³-hybridized carbons (Fsp3) is 0.938. The van der Waals surface area contributed by atoms with Gasteiger partial charge in [-0.1, -0.05) is 0 Å². The molecule has 0 unspecified atom stereocenters. The van der Waals surface area contributed by atoms with Crippen LogP contribution in [0.4, 0.5) is 0 Å². The van der Waals surface area contributed by atoms with Crippen molar-refractivity contribution in [1.82, 2.24) is 0 Å². The van der Waals surface area contributed by atoms with Gasteiger partial charge in [-0.05, 0) is 34.6 Å². The van der Waals surface area contributed by atoms with Gasteiger partial charge in [0.2, 0.25) is 0 Å². The van der Waals surface area contributed by atoms with Gasteiger partial charge in [0.25, 0.3) is 0 Å². The van der Waals surface area contributed by atoms with Crippen LogP contribution in [-0.2, 0) is 28.5 Å². The van der Waals surface area contributed by atoms with E-state index in [0.717, 1.165) is 0 Å². The molecule has 130 valence electrons. The van der Waals surface area contributed by atoms with Crippen molar-refractivity contribution < 1.29 is 28.5 Å². The summed E-state index contributed by atoms with van der Waals surface area (Å²) in [7, 11) is 3.19. The molecule has 2 atom stereocenters. The number of hydrogen-bond acceptors (Lipinski definition) is 6. The lowest BCUT2D eigenvalue weighted by Crippen LogP contribution is -2.46. The molecule has 1 saturated heterocycles. The van der Waals surface area contributed by atoms with Gasteiger partial charge in [-0.2, -0.15) is 0 Å². The molecule has 0 N–H and O–H groups in total. The smallest absolute Gasteiger partial charge is 0.308 e. The minimum atomic E-state index is -0.748. The highest BCUT2D eigenvalue weighted by atomic mass is 16.7. The maximum atomic E-state index is 12.0. The maximum absolute atomic E-state index is 12.0. The molecule has 0 amide bonds. The number of carbonyl (C=O) groups is 1. The standard InChI is InChI=1S/C16H30O6/c1-15(2,3)22-13(17)9-11-8-12(10-14(18-6)19-7)21-16(4,5)20-11/h11-12,14H,8-10H2,1-7H3/t11-,12+/m0/s1. The van der Waals surface area contributed by atoms with Gasteiger partial charge in [-0.3, -0.25) is 4.79 Å². The third-order valence-corrected chi connectivity index (χ3v) is 3.22. The molecule has 0 spiro atoms. The first kappa shape index (κ1) is 19.4. The van der Waals surface area contributed by atoms with Crippen LogP contribution in [0.15, 0.2) is 0 Å². The highest BCUT2D eigenvalue weighted by Crippen LogP contribution is 2.31. The number of carbonyl (C=O) groups excluding carboxylic acids is 1. The van der Waals surface area contributed by atoms with Gasteiger partial charge in [0, 0.05) is 27.1 Å². The number of hydrogen-bond donors (Lipinski definition) is 0. The molecule has 1 heterocycles. The van der Waals surface area contributed by atoms with Gasteiger partial charge in [0.15, 0.2) is 12.1 Å². The van der Waals surface area contributed by atoms with E-state index < -0.39 is 11.4 Å². The topological polar surface area (TPSA) is 63.2 Å². The van der Waals surface area contributed by atoms with Gasteiger partial charge in [0.05, 0.1) is 18.6 Å². The quantitative estimate of drug-likeness (QED) is 0.554. The molecule has 0 bridgehead atoms. The summed E-state index contributed by atoms with van der Waals surface area (Å²) in [6.07, 6.45) is 0.738. The van der Waals surface area contributed by atoms with Crippen molar-refractivity contribution in [3.05, 3.63) is 0 Å². The fourth-order valence-electron chi connectivity index (χ4n) is 2.56. The van der Waals surface area contributed by atoms with E-state index in [-0.39, 0.29) is 30.9 Å². The molecule has 6 nitrogen and oxygen atoms in total. The van der Waals surface area contributed by atoms with Crippen molar-refractivity contribution >= 4 is 5.97 Å². The number of esters is 1. The Kier molecular flexibility index (Phi) is 6.80. The third-order valence-electron chi connectivity index (χ3n) is 3.22. The number of ether oxygens (including phenoxy) is 5. The summed E-state index contributed by atoms with van der Waals surface area (Å²) < 4.78 is 27.5. The predicted molar refractivity (Wildman–Crippen MR) is 81.3 cm³/mol. The van der Waals surface area contributed by atoms with Crippen LogP contribution in [0.25, 0.3) is 0 Å². The molecule has 0 aromatic rings. The third kappa shape index (κ3) is 7.05. The SMILES string of the molecule is COC(C[C@H]1C[C@@H](CC(=O)OC(C)(C)C)OC(C)(C)O1)OC. The van der Waals surface area contributed by atoms with Crippen LogP contribution in [0.5, 0.6) is 0 Å². The van der Waals surface area contributed by atoms with E-state index >= 15 is 0 Å². The van der Waals surface area contributed by atoms with Crippen molar-refractivity contribution in [2.75, 3.05) is 14.2 Å². The summed E-state index contributed by atoms with van der Waals surface area (Å²) in [5.41, 5.74) is -0.492. The van der Waals surface area contributed by atoms with E-state index in [2.05, 4.69) is 0 Å². The van der Waals surface area contributed by atoms with Crippen molar-refractivity contribution in [2.45, 2.75) is 83.8 Å². The zero-order valence-corrected chi connectivity index (χ0v) is 14.8. The van der Waals surface area contributed by atoms with Crippen molar-refractivity contribution in [3.63, 3.8) is 0 Å². The van der Waals surface area contributed by atoms with Gasteiger partial charge in [-0.15, -0.1) is 0 Å². The van der Waals surface area contributed by atoms with Crippen LogP contribution in [0.1, 0.15) is 53.9 Å². The van der Waals surface area contributed by atoms with Gasteiger partial charge < -0.3 is 23.7 Å². The van der Waals surface area contributed by atoms with Crippen LogP contribution in [0.2, 0.25) is 0 Å². The monoisotopic (exact) mass is 318 g/mol. The van der Waals surface area contributed by atoms with Gasteiger partial charge >= 0.3 is 5.97 Å². The van der Waals surface area contributed by atoms with E-state index in [1.165, 1.54) is 0 Å². The second-order valence-corrected chi connectivity index (χ2v) is 7.04. The minimum absolute atomic E-state index is 0.0962. The Hall–Kier alpha value is -0.690. The number of methoxy groups -OCH3 is 2. The molecule has 1 rings (SSSR count). The molecule has 1 aliphatic heterocycles. The van der Waals surface area contributed by atoms with E-state index in [0.29, 0.717) is 12.8 Å². The normalized spacial score (nSPS) is 25.3. The molecule has 0 aliphatic carbocycles. The summed E-state index contributed by atoms with van der Waals surface area (Å²) >= 11 is 0. The molecule has 1 aliphatic rings. The van der Waals surface area contributed by atoms with E-state index in [4.69, 9.17) is 23.7 Å². The Labute approximate surface area is 133 Å². The van der Waals surface area contributed by atoms with Crippen LogP contribution in [-0.4, -0.2) is 50.1 Å². The summed E-state index contributed by atoms with van der Waals surface area (Å²) in [5, 5.41) is 0. The summed E-state index contributed by atoms with van der Waals surface area (Å²) in [4.78, 5) is 12.0. The Morgan fingerprint density at radius 1 is 1.18 bits per heavy atom. The Bertz CT molecular complexity index is 356. The first-order chi connectivity index (χ1) is 10.0. The van der Waals surface area contributed by atoms with Gasteiger partial charge in [-0.25, -0.2) is 0 Å². The average molecular weight is 318 g/mol. The molecule has 22 heavy (non-hydrogen) atoms. The molecule has 0 aromatic heterocycles. The lowest BCUT2D eigenvalue weighted by atomic mass is 10.0. The second kappa shape index (κ2) is 7.73. The zero-order valence-electron chi connectivity index (χ0n) is 14.8. The summed E-state index contributed by atoms with van der Waals surface area (Å²) in [6.45, 7) is 9.24. The van der Waals surface area contributed by atoms with Crippen LogP contribution in [0.3, 0.4) is 0 Å². The summed E-state index contributed by atoms with van der Waals surface area (Å²) in [5.74, 6) is -1.01. The summed E-state index contributed by atoms with van der Waals surface area (Å²) in [6, 6.07) is 0. The zero-order chi connectivity index (χ0) is 17.0. The molecule has 1 fully saturated rings. The predicted octanol–water partition coefficient (Wildman–Crippen LogP) is 2.64. The average Bonchev–Trinajstić information content (AvgIpc) is 2.31. The molecule has 0 radical (unpaired) electrons. The van der Waals surface area contributed by atoms with E-state index in [9.17, 15) is 4.79 Å². The van der Waals surface area contributed by atoms with Crippen molar-refractivity contribution in [2.24, 2.45) is 0 Å². The van der Waals surface area contributed by atoms with Crippen LogP contribution < -0.4 is 0 Å². The van der Waals surface area contributed by atoms with Crippen LogP contribution in [0, 0.1) is 0 Å². The lowest BCUT2D eigenvalue weighted by Gasteiger charge is -2.41. The van der Waals surface area contributed by atoms with E-state index in [1.54, 1.807) is 14.2 Å². The Morgan fingerprint density at radius 3 is 2.23 bits per heavy atom. The Balaban J connectivity index is 2.61. The molecule has 6 heteroatoms. The molecule has 0 aromatic carbocycles. The second-order valence-electron chi connectivity index (χ2n) is 7.04. The molecular weight excluding hydrogens is 288 g/mol. The first-order valence-corrected chi connectivity index (χ1v) is 7.67. The molecular formula is C16H30O6. The Morgan fingerprint density at radius 2 is 1.73 bits per heavy atom. The minimum Gasteiger partial charge on any atom is -0.460 e. The largest absolute Gasteiger partial charge is 0.460 e. The molecule has 0 saturated carbocycles. The van der Waals surface area contributed by atoms with Gasteiger partial charge in [0.1, 0.15) is 5.60 Å². The van der Waals surface area contributed by atoms with Crippen molar-refractivity contribution in [1.29, 1.82) is 0 Å². The maximum Gasteiger partial charge on any atom is 0.308 e. The highest BCUT2D eigenvalue weighted by Gasteiger charge is 2.38. The van der Waals surface area contributed by atoms with E-state index in [1.807, 2.05) is 34.6 Å². The van der Waals surface area contributed by atoms with Crippen LogP contribution >= 0.6 is 0 Å². The number of rotatable bonds is 6. The fourth-order valence-corrected chi connectivity index (χ4v) is 2.56. The lowest BCUT2D eigenvalue weighted by molar-refractivity contribution is -0.308.